The van der Waals surface area contributed by atoms with Crippen LogP contribution in [0, 0.1) is 11.8 Å². The Labute approximate surface area is 370 Å². The number of urea groups is 1. The van der Waals surface area contributed by atoms with E-state index in [0.717, 1.165) is 98.6 Å². The summed E-state index contributed by atoms with van der Waals surface area (Å²) in [5.41, 5.74) is 9.42. The molecule has 0 spiro atoms. The number of anilines is 3. The Hall–Kier alpha value is -6.43. The number of amides is 4. The molecule has 2 aliphatic carbocycles. The second-order valence-electron chi connectivity index (χ2n) is 16.7. The van der Waals surface area contributed by atoms with Gasteiger partial charge >= 0.3 is 18.0 Å². The van der Waals surface area contributed by atoms with E-state index in [1.54, 1.807) is 24.3 Å². The van der Waals surface area contributed by atoms with Crippen LogP contribution in [0.3, 0.4) is 0 Å². The van der Waals surface area contributed by atoms with Gasteiger partial charge in [-0.15, -0.1) is 0 Å². The van der Waals surface area contributed by atoms with Crippen LogP contribution in [-0.2, 0) is 25.5 Å². The third-order valence-electron chi connectivity index (χ3n) is 12.3. The van der Waals surface area contributed by atoms with E-state index in [1.165, 1.54) is 26.2 Å². The van der Waals surface area contributed by atoms with Crippen molar-refractivity contribution in [3.63, 3.8) is 0 Å². The normalized spacial score (nSPS) is 15.2. The Morgan fingerprint density at radius 3 is 1.56 bits per heavy atom. The first-order valence-electron chi connectivity index (χ1n) is 22.3. The number of carbonyl (C=O) groups excluding carboxylic acids is 5. The van der Waals surface area contributed by atoms with E-state index in [-0.39, 0.29) is 23.7 Å². The molecule has 0 saturated heterocycles. The number of hydrogen-bond acceptors (Lipinski definition) is 8. The number of nitrogens with one attached hydrogen (secondary N) is 4. The van der Waals surface area contributed by atoms with Crippen molar-refractivity contribution in [1.29, 1.82) is 0 Å². The van der Waals surface area contributed by atoms with E-state index in [9.17, 15) is 24.0 Å². The Bertz CT molecular complexity index is 2370. The number of methoxy groups -OCH3 is 2. The molecule has 0 bridgehead atoms. The predicted octanol–water partition coefficient (Wildman–Crippen LogP) is 9.95. The fourth-order valence-electron chi connectivity index (χ4n) is 8.77. The topological polar surface area (TPSA) is 178 Å². The number of rotatable bonds is 13. The molecule has 6 N–H and O–H groups in total. The molecule has 12 heteroatoms. The highest BCUT2D eigenvalue weighted by Gasteiger charge is 2.34. The van der Waals surface area contributed by atoms with Crippen molar-refractivity contribution in [2.24, 2.45) is 11.8 Å². The van der Waals surface area contributed by atoms with Gasteiger partial charge in [-0.1, -0.05) is 113 Å². The van der Waals surface area contributed by atoms with Gasteiger partial charge in [0.2, 0.25) is 0 Å². The molecule has 5 aromatic carbocycles. The van der Waals surface area contributed by atoms with Gasteiger partial charge in [-0.3, -0.25) is 9.59 Å². The van der Waals surface area contributed by atoms with Crippen LogP contribution in [0.5, 0.6) is 0 Å². The Morgan fingerprint density at radius 2 is 1.06 bits per heavy atom. The van der Waals surface area contributed by atoms with Gasteiger partial charge in [-0.2, -0.15) is 0 Å². The Kier molecular flexibility index (Phi) is 16.5. The number of hydrogen-bond donors (Lipinski definition) is 5. The van der Waals surface area contributed by atoms with Gasteiger partial charge < -0.3 is 36.5 Å². The molecule has 12 nitrogen and oxygen atoms in total. The zero-order valence-corrected chi connectivity index (χ0v) is 36.7. The van der Waals surface area contributed by atoms with Crippen molar-refractivity contribution in [2.75, 3.05) is 30.6 Å². The number of aryl methyl sites for hydroxylation is 1. The van der Waals surface area contributed by atoms with Gasteiger partial charge in [0, 0.05) is 11.4 Å². The molecule has 4 amide bonds. The van der Waals surface area contributed by atoms with Crippen LogP contribution >= 0.6 is 0 Å². The fourth-order valence-corrected chi connectivity index (χ4v) is 8.77. The van der Waals surface area contributed by atoms with Crippen LogP contribution in [-0.4, -0.2) is 56.1 Å². The number of fused-ring (bicyclic) bond motifs is 2. The van der Waals surface area contributed by atoms with Crippen molar-refractivity contribution >= 4 is 68.4 Å². The molecule has 2 atom stereocenters. The Morgan fingerprint density at radius 1 is 0.603 bits per heavy atom. The summed E-state index contributed by atoms with van der Waals surface area (Å²) in [6.45, 7) is 2.16. The van der Waals surface area contributed by atoms with Crippen LogP contribution in [0.15, 0.2) is 97.1 Å². The summed E-state index contributed by atoms with van der Waals surface area (Å²) < 4.78 is 9.95. The molecule has 0 radical (unpaired) electrons. The first-order valence-corrected chi connectivity index (χ1v) is 22.3. The minimum atomic E-state index is -0.729. The summed E-state index contributed by atoms with van der Waals surface area (Å²) in [6, 6.07) is 28.4. The molecule has 0 aliphatic heterocycles. The highest BCUT2D eigenvalue weighted by Crippen LogP contribution is 2.31. The van der Waals surface area contributed by atoms with Crippen LogP contribution in [0.2, 0.25) is 0 Å². The summed E-state index contributed by atoms with van der Waals surface area (Å²) in [6.07, 6.45) is 13.3. The smallest absolute Gasteiger partial charge is 0.328 e. The summed E-state index contributed by atoms with van der Waals surface area (Å²) in [4.78, 5) is 64.1. The van der Waals surface area contributed by atoms with E-state index in [0.29, 0.717) is 28.2 Å². The lowest BCUT2D eigenvalue weighted by Crippen LogP contribution is -2.47. The van der Waals surface area contributed by atoms with E-state index in [4.69, 9.17) is 15.2 Å². The van der Waals surface area contributed by atoms with Crippen molar-refractivity contribution in [3.8, 4) is 0 Å². The first kappa shape index (κ1) is 46.1. The number of ether oxygens (including phenoxy) is 2. The lowest BCUT2D eigenvalue weighted by atomic mass is 9.83. The molecule has 0 unspecified atom stereocenters. The Balaban J connectivity index is 0.000000228. The summed E-state index contributed by atoms with van der Waals surface area (Å²) >= 11 is 0. The zero-order valence-electron chi connectivity index (χ0n) is 36.7. The van der Waals surface area contributed by atoms with E-state index >= 15 is 0 Å². The molecule has 332 valence electrons. The quantitative estimate of drug-likeness (QED) is 0.0574. The molecule has 0 aromatic heterocycles. The third kappa shape index (κ3) is 12.4. The molecular formula is C51H61N5O7. The second-order valence-corrected chi connectivity index (χ2v) is 16.7. The van der Waals surface area contributed by atoms with Gasteiger partial charge in [0.05, 0.1) is 31.0 Å². The standard InChI is InChI=1S/C31H37N3O4.C20H24N2O3/c1-3-4-10-21-15-17-25(18-16-21)32-31(37)33-27-20-24-14-9-8-13-23(24)19-26(27)29(35)34-28(30(36)38-2)22-11-6-5-7-12-22;1-25-20(24)18(13-7-3-2-4-8-13)22-19(23)16-11-14-9-5-6-10-15(14)12-17(16)21/h8-9,13-20,22,28H,3-7,10-12H2,1-2H3,(H,34,35)(H2,32,33,37);5-6,9-13,18H,2-4,7-8,21H2,1H3,(H,22,23)/t28-;18-/m00/s1. The SMILES string of the molecule is CCCCc1ccc(NC(=O)Nc2cc3ccccc3cc2C(=O)N[C@H](C(=O)OC)C2CCCCC2)cc1.COC(=O)[C@@H](NC(=O)c1cc2ccccc2cc1N)C1CCCCC1. The molecule has 2 aliphatic rings. The average molecular weight is 856 g/mol. The van der Waals surface area contributed by atoms with Crippen LogP contribution in [0.25, 0.3) is 21.5 Å². The van der Waals surface area contributed by atoms with Crippen molar-refractivity contribution in [2.45, 2.75) is 102 Å². The van der Waals surface area contributed by atoms with Crippen molar-refractivity contribution < 1.29 is 33.4 Å². The molecule has 0 heterocycles. The highest BCUT2D eigenvalue weighted by molar-refractivity contribution is 6.10. The van der Waals surface area contributed by atoms with Crippen LogP contribution in [0.4, 0.5) is 21.9 Å². The molecule has 2 fully saturated rings. The highest BCUT2D eigenvalue weighted by atomic mass is 16.5. The number of esters is 2. The largest absolute Gasteiger partial charge is 0.467 e. The lowest BCUT2D eigenvalue weighted by molar-refractivity contribution is -0.145. The van der Waals surface area contributed by atoms with Crippen molar-refractivity contribution in [1.82, 2.24) is 10.6 Å². The molecule has 63 heavy (non-hydrogen) atoms. The van der Waals surface area contributed by atoms with E-state index in [2.05, 4.69) is 28.2 Å². The minimum absolute atomic E-state index is 0.0283. The maximum absolute atomic E-state index is 13.6. The number of unbranched alkanes of at least 4 members (excludes halogenated alkanes) is 1. The fraction of sp³-hybridized carbons (Fsp3) is 0.392. The number of carbonyl (C=O) groups is 5. The number of nitrogen functional groups attached to an aromatic ring is 1. The number of nitrogens with two attached hydrogens (primary N) is 1. The summed E-state index contributed by atoms with van der Waals surface area (Å²) in [7, 11) is 2.70. The second kappa shape index (κ2) is 22.6. The predicted molar refractivity (Wildman–Crippen MR) is 250 cm³/mol. The monoisotopic (exact) mass is 855 g/mol. The van der Waals surface area contributed by atoms with E-state index < -0.39 is 30.0 Å². The lowest BCUT2D eigenvalue weighted by Gasteiger charge is -2.29. The van der Waals surface area contributed by atoms with Crippen molar-refractivity contribution in [3.05, 3.63) is 114 Å². The van der Waals surface area contributed by atoms with Gasteiger partial charge in [-0.25, -0.2) is 14.4 Å². The van der Waals surface area contributed by atoms with Crippen LogP contribution in [0.1, 0.15) is 110 Å². The van der Waals surface area contributed by atoms with Gasteiger partial charge in [0.25, 0.3) is 11.8 Å². The zero-order chi connectivity index (χ0) is 44.7. The van der Waals surface area contributed by atoms with E-state index in [1.807, 2.05) is 72.8 Å². The number of benzene rings is 5. The average Bonchev–Trinajstić information content (AvgIpc) is 3.31. The third-order valence-corrected chi connectivity index (χ3v) is 12.3. The summed E-state index contributed by atoms with van der Waals surface area (Å²) in [5.74, 6) is -1.44. The van der Waals surface area contributed by atoms with Gasteiger partial charge in [0.1, 0.15) is 12.1 Å². The van der Waals surface area contributed by atoms with Gasteiger partial charge in [0.15, 0.2) is 0 Å². The molecular weight excluding hydrogens is 795 g/mol. The maximum Gasteiger partial charge on any atom is 0.328 e. The summed E-state index contributed by atoms with van der Waals surface area (Å²) in [5, 5.41) is 15.2. The molecule has 2 saturated carbocycles. The molecule has 7 rings (SSSR count). The first-order chi connectivity index (χ1) is 30.6. The maximum atomic E-state index is 13.6. The minimum Gasteiger partial charge on any atom is -0.467 e. The van der Waals surface area contributed by atoms with Crippen LogP contribution < -0.4 is 27.0 Å². The molecule has 5 aromatic rings. The van der Waals surface area contributed by atoms with Gasteiger partial charge in [-0.05, 0) is 114 Å².